The van der Waals surface area contributed by atoms with Crippen molar-refractivity contribution in [2.45, 2.75) is 44.1 Å². The highest BCUT2D eigenvalue weighted by Gasteiger charge is 2.50. The van der Waals surface area contributed by atoms with E-state index < -0.39 is 5.54 Å². The Hall–Kier alpha value is -2.63. The van der Waals surface area contributed by atoms with Crippen molar-refractivity contribution in [3.05, 3.63) is 36.5 Å². The Balaban J connectivity index is 1.59. The Morgan fingerprint density at radius 1 is 1.26 bits per heavy atom. The number of benzene rings is 1. The van der Waals surface area contributed by atoms with Gasteiger partial charge < -0.3 is 10.1 Å². The minimum Gasteiger partial charge on any atom is -0.488 e. The first-order valence-corrected chi connectivity index (χ1v) is 9.70. The van der Waals surface area contributed by atoms with Crippen LogP contribution in [-0.4, -0.2) is 40.9 Å². The van der Waals surface area contributed by atoms with Gasteiger partial charge in [-0.15, -0.1) is 0 Å². The Kier molecular flexibility index (Phi) is 4.72. The molecule has 1 saturated heterocycles. The normalized spacial score (nSPS) is 23.7. The number of carbonyl (C=O) groups excluding carboxylic acids is 1. The monoisotopic (exact) mass is 366 g/mol. The Morgan fingerprint density at radius 2 is 2.04 bits per heavy atom. The lowest BCUT2D eigenvalue weighted by molar-refractivity contribution is -0.132. The van der Waals surface area contributed by atoms with E-state index >= 15 is 0 Å². The Labute approximate surface area is 159 Å². The topological polar surface area (TPSA) is 78.3 Å². The van der Waals surface area contributed by atoms with Crippen molar-refractivity contribution >= 4 is 22.8 Å². The molecule has 0 spiro atoms. The van der Waals surface area contributed by atoms with Crippen molar-refractivity contribution in [3.63, 3.8) is 0 Å². The van der Waals surface area contributed by atoms with Gasteiger partial charge in [-0.3, -0.25) is 20.1 Å². The third kappa shape index (κ3) is 3.36. The molecule has 1 aliphatic heterocycles. The fourth-order valence-corrected chi connectivity index (χ4v) is 4.36. The molecule has 1 saturated carbocycles. The molecule has 2 heterocycles. The van der Waals surface area contributed by atoms with Crippen molar-refractivity contribution in [1.29, 1.82) is 5.41 Å². The SMILES string of the molecule is CN1C(=N)NC(COc2cccc3cccnc23)(CC2CCCCC2)C1=O. The number of likely N-dealkylation sites (N-methyl/N-ethyl adjacent to an activating group) is 1. The number of ether oxygens (including phenoxy) is 1. The Morgan fingerprint density at radius 3 is 2.78 bits per heavy atom. The van der Waals surface area contributed by atoms with Gasteiger partial charge in [0.1, 0.15) is 17.9 Å². The zero-order valence-corrected chi connectivity index (χ0v) is 15.7. The minimum atomic E-state index is -0.870. The van der Waals surface area contributed by atoms with Gasteiger partial charge in [-0.2, -0.15) is 0 Å². The van der Waals surface area contributed by atoms with Gasteiger partial charge in [-0.1, -0.05) is 50.3 Å². The molecule has 142 valence electrons. The van der Waals surface area contributed by atoms with Crippen LogP contribution in [0.1, 0.15) is 38.5 Å². The van der Waals surface area contributed by atoms with Crippen molar-refractivity contribution < 1.29 is 9.53 Å². The van der Waals surface area contributed by atoms with Gasteiger partial charge in [0.15, 0.2) is 11.5 Å². The summed E-state index contributed by atoms with van der Waals surface area (Å²) in [6, 6.07) is 9.71. The fourth-order valence-electron chi connectivity index (χ4n) is 4.36. The largest absolute Gasteiger partial charge is 0.488 e. The highest BCUT2D eigenvalue weighted by molar-refractivity contribution is 6.07. The van der Waals surface area contributed by atoms with Crippen LogP contribution in [0, 0.1) is 11.3 Å². The number of para-hydroxylation sites is 1. The van der Waals surface area contributed by atoms with Crippen molar-refractivity contribution in [2.75, 3.05) is 13.7 Å². The van der Waals surface area contributed by atoms with Crippen LogP contribution in [0.5, 0.6) is 5.75 Å². The van der Waals surface area contributed by atoms with Crippen LogP contribution >= 0.6 is 0 Å². The molecule has 1 aliphatic carbocycles. The highest BCUT2D eigenvalue weighted by Crippen LogP contribution is 2.34. The van der Waals surface area contributed by atoms with Gasteiger partial charge in [-0.05, 0) is 24.5 Å². The van der Waals surface area contributed by atoms with E-state index in [1.54, 1.807) is 13.2 Å². The average Bonchev–Trinajstić information content (AvgIpc) is 2.91. The molecule has 6 heteroatoms. The standard InChI is InChI=1S/C21H26N4O2/c1-25-19(26)21(24-20(25)22,13-15-7-3-2-4-8-15)14-27-17-11-5-9-16-10-6-12-23-18(16)17/h5-6,9-12,15H,2-4,7-8,13-14H2,1H3,(H2,22,24). The van der Waals surface area contributed by atoms with Crippen LogP contribution in [0.2, 0.25) is 0 Å². The van der Waals surface area contributed by atoms with E-state index in [9.17, 15) is 4.79 Å². The number of hydrogen-bond acceptors (Lipinski definition) is 4. The summed E-state index contributed by atoms with van der Waals surface area (Å²) in [5.41, 5.74) is -0.0770. The zero-order valence-electron chi connectivity index (χ0n) is 15.7. The van der Waals surface area contributed by atoms with Crippen LogP contribution in [0.15, 0.2) is 36.5 Å². The second kappa shape index (κ2) is 7.18. The molecule has 2 aliphatic rings. The number of fused-ring (bicyclic) bond motifs is 1. The van der Waals surface area contributed by atoms with Gasteiger partial charge in [0.2, 0.25) is 0 Å². The Bertz CT molecular complexity index is 857. The molecule has 27 heavy (non-hydrogen) atoms. The lowest BCUT2D eigenvalue weighted by atomic mass is 9.79. The summed E-state index contributed by atoms with van der Waals surface area (Å²) in [5, 5.41) is 12.3. The van der Waals surface area contributed by atoms with Gasteiger partial charge in [0.05, 0.1) is 0 Å². The van der Waals surface area contributed by atoms with Crippen LogP contribution in [0.25, 0.3) is 10.9 Å². The molecule has 2 fully saturated rings. The first kappa shape index (κ1) is 17.8. The maximum absolute atomic E-state index is 13.0. The molecule has 1 aromatic heterocycles. The molecular weight excluding hydrogens is 340 g/mol. The van der Waals surface area contributed by atoms with E-state index in [4.69, 9.17) is 10.1 Å². The van der Waals surface area contributed by atoms with Gasteiger partial charge in [0, 0.05) is 18.6 Å². The number of pyridine rings is 1. The summed E-state index contributed by atoms with van der Waals surface area (Å²) in [7, 11) is 1.65. The minimum absolute atomic E-state index is 0.0775. The van der Waals surface area contributed by atoms with Crippen LogP contribution < -0.4 is 10.1 Å². The summed E-state index contributed by atoms with van der Waals surface area (Å²) < 4.78 is 6.15. The number of hydrogen-bond donors (Lipinski definition) is 2. The quantitative estimate of drug-likeness (QED) is 0.851. The van der Waals surface area contributed by atoms with Crippen molar-refractivity contribution in [1.82, 2.24) is 15.2 Å². The molecule has 1 unspecified atom stereocenters. The van der Waals surface area contributed by atoms with E-state index in [0.717, 1.165) is 23.7 Å². The smallest absolute Gasteiger partial charge is 0.258 e. The number of nitrogens with one attached hydrogen (secondary N) is 2. The number of guanidine groups is 1. The maximum atomic E-state index is 13.0. The van der Waals surface area contributed by atoms with E-state index in [1.165, 1.54) is 24.2 Å². The summed E-state index contributed by atoms with van der Waals surface area (Å²) in [6.07, 6.45) is 8.45. The molecule has 0 bridgehead atoms. The van der Waals surface area contributed by atoms with Crippen LogP contribution in [-0.2, 0) is 4.79 Å². The second-order valence-corrected chi connectivity index (χ2v) is 7.75. The molecule has 0 radical (unpaired) electrons. The summed E-state index contributed by atoms with van der Waals surface area (Å²) in [6.45, 7) is 0.199. The fraction of sp³-hybridized carbons (Fsp3) is 0.476. The van der Waals surface area contributed by atoms with Crippen molar-refractivity contribution in [2.24, 2.45) is 5.92 Å². The summed E-state index contributed by atoms with van der Waals surface area (Å²) in [4.78, 5) is 18.9. The van der Waals surface area contributed by atoms with E-state index in [0.29, 0.717) is 18.1 Å². The lowest BCUT2D eigenvalue weighted by Crippen LogP contribution is -2.53. The molecule has 4 rings (SSSR count). The highest BCUT2D eigenvalue weighted by atomic mass is 16.5. The molecule has 2 N–H and O–H groups in total. The predicted molar refractivity (Wildman–Crippen MR) is 105 cm³/mol. The number of carbonyl (C=O) groups is 1. The average molecular weight is 366 g/mol. The molecule has 6 nitrogen and oxygen atoms in total. The maximum Gasteiger partial charge on any atom is 0.258 e. The number of amides is 1. The lowest BCUT2D eigenvalue weighted by Gasteiger charge is -2.32. The first-order valence-electron chi connectivity index (χ1n) is 9.70. The molecule has 2 aromatic rings. The number of nitrogens with zero attached hydrogens (tertiary/aromatic N) is 2. The third-order valence-corrected chi connectivity index (χ3v) is 5.84. The van der Waals surface area contributed by atoms with Gasteiger partial charge in [-0.25, -0.2) is 0 Å². The number of aromatic nitrogens is 1. The first-order chi connectivity index (χ1) is 13.1. The molecule has 1 atom stereocenters. The summed E-state index contributed by atoms with van der Waals surface area (Å²) in [5.74, 6) is 1.23. The van der Waals surface area contributed by atoms with Crippen molar-refractivity contribution in [3.8, 4) is 5.75 Å². The predicted octanol–water partition coefficient (Wildman–Crippen LogP) is 3.32. The van der Waals surface area contributed by atoms with E-state index in [2.05, 4.69) is 10.3 Å². The van der Waals surface area contributed by atoms with Crippen LogP contribution in [0.4, 0.5) is 0 Å². The molecule has 1 aromatic carbocycles. The van der Waals surface area contributed by atoms with E-state index in [-0.39, 0.29) is 18.5 Å². The van der Waals surface area contributed by atoms with Gasteiger partial charge in [0.25, 0.3) is 5.91 Å². The zero-order chi connectivity index (χ0) is 18.9. The van der Waals surface area contributed by atoms with Crippen LogP contribution in [0.3, 0.4) is 0 Å². The third-order valence-electron chi connectivity index (χ3n) is 5.84. The molecular formula is C21H26N4O2. The van der Waals surface area contributed by atoms with E-state index in [1.807, 2.05) is 30.3 Å². The van der Waals surface area contributed by atoms with Gasteiger partial charge >= 0.3 is 0 Å². The molecule has 1 amide bonds. The summed E-state index contributed by atoms with van der Waals surface area (Å²) >= 11 is 0. The second-order valence-electron chi connectivity index (χ2n) is 7.75. The number of rotatable bonds is 5.